The number of esters is 1. The minimum absolute atomic E-state index is 0.0574. The van der Waals surface area contributed by atoms with Crippen molar-refractivity contribution in [2.24, 2.45) is 0 Å². The number of nitrogens with zero attached hydrogens (tertiary/aromatic N) is 1. The zero-order chi connectivity index (χ0) is 17.7. The van der Waals surface area contributed by atoms with Crippen LogP contribution in [0.5, 0.6) is 0 Å². The first-order valence-corrected chi connectivity index (χ1v) is 7.72. The number of halogens is 1. The molecule has 2 rings (SSSR count). The number of nitro groups is 1. The quantitative estimate of drug-likeness (QED) is 0.242. The molecule has 0 aliphatic heterocycles. The highest BCUT2D eigenvalue weighted by molar-refractivity contribution is 14.1. The lowest BCUT2D eigenvalue weighted by molar-refractivity contribution is -0.383. The van der Waals surface area contributed by atoms with Crippen molar-refractivity contribution in [1.82, 2.24) is 0 Å². The molecule has 0 aliphatic carbocycles. The van der Waals surface area contributed by atoms with E-state index in [1.807, 2.05) is 12.1 Å². The Morgan fingerprint density at radius 2 is 1.96 bits per heavy atom. The number of rotatable bonds is 5. The standard InChI is InChI=1S/C15H12IN3O5/c16-10-3-1-2-4-12(10)18-14(20)8-24-15(21)9-5-6-11(17)13(7-9)19(22)23/h1-7H,8,17H2,(H,18,20). The van der Waals surface area contributed by atoms with Crippen molar-refractivity contribution >= 4 is 51.5 Å². The molecule has 2 aromatic rings. The van der Waals surface area contributed by atoms with E-state index in [9.17, 15) is 19.7 Å². The zero-order valence-corrected chi connectivity index (χ0v) is 14.3. The van der Waals surface area contributed by atoms with Gasteiger partial charge in [0.1, 0.15) is 5.69 Å². The summed E-state index contributed by atoms with van der Waals surface area (Å²) >= 11 is 2.06. The Morgan fingerprint density at radius 1 is 1.25 bits per heavy atom. The monoisotopic (exact) mass is 441 g/mol. The average Bonchev–Trinajstić information content (AvgIpc) is 2.55. The van der Waals surface area contributed by atoms with Crippen LogP contribution >= 0.6 is 22.6 Å². The lowest BCUT2D eigenvalue weighted by Gasteiger charge is -2.08. The maximum Gasteiger partial charge on any atom is 0.338 e. The van der Waals surface area contributed by atoms with Gasteiger partial charge in [0, 0.05) is 9.64 Å². The average molecular weight is 441 g/mol. The number of para-hydroxylation sites is 1. The minimum Gasteiger partial charge on any atom is -0.452 e. The normalized spacial score (nSPS) is 10.0. The number of nitrogens with one attached hydrogen (secondary N) is 1. The van der Waals surface area contributed by atoms with Crippen LogP contribution in [0.3, 0.4) is 0 Å². The van der Waals surface area contributed by atoms with Crippen molar-refractivity contribution < 1.29 is 19.2 Å². The topological polar surface area (TPSA) is 125 Å². The minimum atomic E-state index is -0.851. The molecule has 0 atom stereocenters. The molecule has 9 heteroatoms. The van der Waals surface area contributed by atoms with Crippen molar-refractivity contribution in [3.63, 3.8) is 0 Å². The molecule has 8 nitrogen and oxygen atoms in total. The largest absolute Gasteiger partial charge is 0.452 e. The second-order valence-corrected chi connectivity index (χ2v) is 5.80. The van der Waals surface area contributed by atoms with Gasteiger partial charge in [0.05, 0.1) is 16.2 Å². The van der Waals surface area contributed by atoms with Crippen LogP contribution in [-0.2, 0) is 9.53 Å². The van der Waals surface area contributed by atoms with Crippen LogP contribution in [0.25, 0.3) is 0 Å². The fraction of sp³-hybridized carbons (Fsp3) is 0.0667. The third-order valence-corrected chi connectivity index (χ3v) is 3.89. The third kappa shape index (κ3) is 4.41. The van der Waals surface area contributed by atoms with E-state index in [2.05, 4.69) is 27.9 Å². The fourth-order valence-corrected chi connectivity index (χ4v) is 2.31. The number of nitrogens with two attached hydrogens (primary N) is 1. The smallest absolute Gasteiger partial charge is 0.338 e. The predicted octanol–water partition coefficient (Wildman–Crippen LogP) is 2.58. The molecule has 1 amide bonds. The molecular formula is C15H12IN3O5. The number of carbonyl (C=O) groups is 2. The van der Waals surface area contributed by atoms with Crippen LogP contribution < -0.4 is 11.1 Å². The number of nitro benzene ring substituents is 1. The number of hydrogen-bond donors (Lipinski definition) is 2. The summed E-state index contributed by atoms with van der Waals surface area (Å²) in [5.74, 6) is -1.37. The van der Waals surface area contributed by atoms with Crippen molar-refractivity contribution in [2.45, 2.75) is 0 Å². The van der Waals surface area contributed by atoms with Gasteiger partial charge >= 0.3 is 5.97 Å². The molecule has 0 unspecified atom stereocenters. The number of hydrogen-bond acceptors (Lipinski definition) is 6. The molecule has 0 saturated heterocycles. The lowest BCUT2D eigenvalue weighted by Crippen LogP contribution is -2.21. The number of ether oxygens (including phenoxy) is 1. The van der Waals surface area contributed by atoms with Crippen molar-refractivity contribution in [2.75, 3.05) is 17.7 Å². The molecule has 0 aliphatic rings. The second-order valence-electron chi connectivity index (χ2n) is 4.63. The van der Waals surface area contributed by atoms with E-state index >= 15 is 0 Å². The molecular weight excluding hydrogens is 429 g/mol. The highest BCUT2D eigenvalue weighted by Gasteiger charge is 2.17. The Balaban J connectivity index is 1.98. The molecule has 3 N–H and O–H groups in total. The number of nitrogen functional groups attached to an aromatic ring is 1. The summed E-state index contributed by atoms with van der Waals surface area (Å²) in [6, 6.07) is 10.7. The van der Waals surface area contributed by atoms with Crippen LogP contribution in [0.1, 0.15) is 10.4 Å². The Kier molecular flexibility index (Phi) is 5.68. The number of benzene rings is 2. The van der Waals surface area contributed by atoms with Gasteiger partial charge in [0.15, 0.2) is 6.61 Å². The van der Waals surface area contributed by atoms with E-state index in [-0.39, 0.29) is 11.3 Å². The maximum absolute atomic E-state index is 11.9. The number of anilines is 2. The highest BCUT2D eigenvalue weighted by Crippen LogP contribution is 2.22. The molecule has 2 aromatic carbocycles. The van der Waals surface area contributed by atoms with E-state index in [0.29, 0.717) is 5.69 Å². The van der Waals surface area contributed by atoms with Crippen LogP contribution in [0.15, 0.2) is 42.5 Å². The first-order chi connectivity index (χ1) is 11.4. The molecule has 0 spiro atoms. The summed E-state index contributed by atoms with van der Waals surface area (Å²) in [6.07, 6.45) is 0. The third-order valence-electron chi connectivity index (χ3n) is 2.95. The summed E-state index contributed by atoms with van der Waals surface area (Å²) in [4.78, 5) is 33.8. The van der Waals surface area contributed by atoms with Crippen molar-refractivity contribution in [3.05, 3.63) is 61.7 Å². The van der Waals surface area contributed by atoms with Gasteiger partial charge < -0.3 is 15.8 Å². The number of amides is 1. The van der Waals surface area contributed by atoms with Gasteiger partial charge in [-0.2, -0.15) is 0 Å². The first-order valence-electron chi connectivity index (χ1n) is 6.64. The summed E-state index contributed by atoms with van der Waals surface area (Å²) in [5.41, 5.74) is 5.54. The molecule has 0 saturated carbocycles. The SMILES string of the molecule is Nc1ccc(C(=O)OCC(=O)Nc2ccccc2I)cc1[N+](=O)[O-]. The van der Waals surface area contributed by atoms with Crippen LogP contribution in [0.2, 0.25) is 0 Å². The molecule has 0 bridgehead atoms. The van der Waals surface area contributed by atoms with Gasteiger partial charge in [-0.1, -0.05) is 12.1 Å². The van der Waals surface area contributed by atoms with Crippen molar-refractivity contribution in [1.29, 1.82) is 0 Å². The Bertz CT molecular complexity index is 809. The highest BCUT2D eigenvalue weighted by atomic mass is 127. The number of carbonyl (C=O) groups excluding carboxylic acids is 2. The van der Waals surface area contributed by atoms with Crippen molar-refractivity contribution in [3.8, 4) is 0 Å². The lowest BCUT2D eigenvalue weighted by atomic mass is 10.2. The fourth-order valence-electron chi connectivity index (χ4n) is 1.79. The zero-order valence-electron chi connectivity index (χ0n) is 12.2. The Morgan fingerprint density at radius 3 is 2.62 bits per heavy atom. The van der Waals surface area contributed by atoms with Crippen LogP contribution in [0.4, 0.5) is 17.1 Å². The second kappa shape index (κ2) is 7.73. The summed E-state index contributed by atoms with van der Waals surface area (Å²) < 4.78 is 5.70. The maximum atomic E-state index is 11.9. The molecule has 0 aromatic heterocycles. The van der Waals surface area contributed by atoms with Gasteiger partial charge in [0.25, 0.3) is 11.6 Å². The van der Waals surface area contributed by atoms with E-state index < -0.39 is 29.1 Å². The molecule has 0 fully saturated rings. The summed E-state index contributed by atoms with van der Waals surface area (Å²) in [6.45, 7) is -0.512. The van der Waals surface area contributed by atoms with E-state index in [4.69, 9.17) is 10.5 Å². The van der Waals surface area contributed by atoms with E-state index in [0.717, 1.165) is 9.64 Å². The van der Waals surface area contributed by atoms with Gasteiger partial charge in [0.2, 0.25) is 0 Å². The molecule has 124 valence electrons. The van der Waals surface area contributed by atoms with Crippen LogP contribution in [-0.4, -0.2) is 23.4 Å². The van der Waals surface area contributed by atoms with E-state index in [1.54, 1.807) is 12.1 Å². The predicted molar refractivity (Wildman–Crippen MR) is 95.6 cm³/mol. The van der Waals surface area contributed by atoms with Gasteiger partial charge in [-0.15, -0.1) is 0 Å². The summed E-state index contributed by atoms with van der Waals surface area (Å²) in [7, 11) is 0. The van der Waals surface area contributed by atoms with Gasteiger partial charge in [-0.05, 0) is 46.9 Å². The molecule has 24 heavy (non-hydrogen) atoms. The van der Waals surface area contributed by atoms with Crippen LogP contribution in [0, 0.1) is 13.7 Å². The Labute approximate surface area is 150 Å². The van der Waals surface area contributed by atoms with Gasteiger partial charge in [-0.3, -0.25) is 14.9 Å². The first kappa shape index (κ1) is 17.7. The summed E-state index contributed by atoms with van der Waals surface area (Å²) in [5, 5.41) is 13.4. The van der Waals surface area contributed by atoms with E-state index in [1.165, 1.54) is 12.1 Å². The molecule has 0 heterocycles. The Hall–Kier alpha value is -2.69. The van der Waals surface area contributed by atoms with Gasteiger partial charge in [-0.25, -0.2) is 4.79 Å². The molecule has 0 radical (unpaired) electrons.